The maximum Gasteiger partial charge on any atom is 0.0810 e. The van der Waals surface area contributed by atoms with Crippen LogP contribution in [-0.2, 0) is 9.47 Å². The van der Waals surface area contributed by atoms with Gasteiger partial charge in [0.1, 0.15) is 0 Å². The largest absolute Gasteiger partial charge is 0.385 e. The topological polar surface area (TPSA) is 21.8 Å². The molecular formula is C6H12O2. The van der Waals surface area contributed by atoms with Crippen LogP contribution in [0, 0.1) is 0 Å². The third-order valence-corrected chi connectivity index (χ3v) is 1.28. The van der Waals surface area contributed by atoms with E-state index >= 15 is 0 Å². The molecule has 1 heterocycles. The summed E-state index contributed by atoms with van der Waals surface area (Å²) in [5, 5.41) is 0. The Bertz CT molecular complexity index is 59.5. The van der Waals surface area contributed by atoms with E-state index in [2.05, 4.69) is 0 Å². The van der Waals surface area contributed by atoms with E-state index in [0.29, 0.717) is 6.10 Å². The Labute approximate surface area is 49.8 Å². The normalized spacial score (nSPS) is 25.9. The van der Waals surface area contributed by atoms with E-state index < -0.39 is 0 Å². The first kappa shape index (κ1) is 6.05. The van der Waals surface area contributed by atoms with E-state index in [0.717, 1.165) is 19.6 Å². The first-order valence-corrected chi connectivity index (χ1v) is 3.04. The average molecular weight is 116 g/mol. The zero-order valence-corrected chi connectivity index (χ0v) is 5.22. The van der Waals surface area contributed by atoms with Gasteiger partial charge in [-0.15, -0.1) is 0 Å². The highest BCUT2D eigenvalue weighted by atomic mass is 16.6. The first-order valence-electron chi connectivity index (χ1n) is 3.04. The van der Waals surface area contributed by atoms with Crippen LogP contribution in [0.15, 0.2) is 0 Å². The molecule has 0 aromatic rings. The average Bonchev–Trinajstić information content (AvgIpc) is 2.51. The van der Waals surface area contributed by atoms with Gasteiger partial charge in [-0.3, -0.25) is 0 Å². The smallest absolute Gasteiger partial charge is 0.0810 e. The molecule has 8 heavy (non-hydrogen) atoms. The van der Waals surface area contributed by atoms with Crippen LogP contribution in [0.25, 0.3) is 0 Å². The highest BCUT2D eigenvalue weighted by molar-refractivity contribution is 4.67. The minimum Gasteiger partial charge on any atom is -0.385 e. The van der Waals surface area contributed by atoms with E-state index in [1.54, 1.807) is 7.11 Å². The van der Waals surface area contributed by atoms with Crippen molar-refractivity contribution >= 4 is 0 Å². The number of hydrogen-bond donors (Lipinski definition) is 0. The summed E-state index contributed by atoms with van der Waals surface area (Å²) in [6.07, 6.45) is 2.89. The van der Waals surface area contributed by atoms with Gasteiger partial charge in [-0.2, -0.15) is 0 Å². The summed E-state index contributed by atoms with van der Waals surface area (Å²) >= 11 is 0. The molecule has 0 radical (unpaired) electrons. The van der Waals surface area contributed by atoms with Crippen molar-refractivity contribution in [3.05, 3.63) is 0 Å². The summed E-state index contributed by atoms with van der Waals surface area (Å²) in [5.41, 5.74) is 0. The van der Waals surface area contributed by atoms with Crippen molar-refractivity contribution in [2.45, 2.75) is 18.9 Å². The second kappa shape index (κ2) is 3.05. The van der Waals surface area contributed by atoms with Gasteiger partial charge in [0.2, 0.25) is 0 Å². The fourth-order valence-electron chi connectivity index (χ4n) is 0.690. The van der Waals surface area contributed by atoms with E-state index in [9.17, 15) is 0 Å². The van der Waals surface area contributed by atoms with Gasteiger partial charge in [0.05, 0.1) is 12.7 Å². The third-order valence-electron chi connectivity index (χ3n) is 1.28. The molecule has 1 rings (SSSR count). The van der Waals surface area contributed by atoms with Gasteiger partial charge in [-0.05, 0) is 12.8 Å². The van der Waals surface area contributed by atoms with Gasteiger partial charge in [0, 0.05) is 13.7 Å². The Morgan fingerprint density at radius 2 is 2.50 bits per heavy atom. The highest BCUT2D eigenvalue weighted by Crippen LogP contribution is 2.14. The Morgan fingerprint density at radius 1 is 1.75 bits per heavy atom. The second-order valence-corrected chi connectivity index (χ2v) is 2.09. The monoisotopic (exact) mass is 116 g/mol. The summed E-state index contributed by atoms with van der Waals surface area (Å²) in [4.78, 5) is 0. The maximum atomic E-state index is 5.00. The molecule has 48 valence electrons. The Hall–Kier alpha value is -0.0800. The van der Waals surface area contributed by atoms with Crippen LogP contribution in [0.2, 0.25) is 0 Å². The van der Waals surface area contributed by atoms with E-state index in [1.807, 2.05) is 0 Å². The van der Waals surface area contributed by atoms with Crippen LogP contribution in [0.4, 0.5) is 0 Å². The van der Waals surface area contributed by atoms with Gasteiger partial charge in [-0.1, -0.05) is 0 Å². The predicted molar refractivity (Wildman–Crippen MR) is 30.8 cm³/mol. The Kier molecular flexibility index (Phi) is 2.30. The lowest BCUT2D eigenvalue weighted by atomic mass is 10.3. The number of epoxide rings is 1. The van der Waals surface area contributed by atoms with Gasteiger partial charge in [0.25, 0.3) is 0 Å². The van der Waals surface area contributed by atoms with Crippen LogP contribution in [0.1, 0.15) is 12.8 Å². The van der Waals surface area contributed by atoms with Crippen LogP contribution < -0.4 is 0 Å². The minimum absolute atomic E-state index is 0.574. The van der Waals surface area contributed by atoms with E-state index in [-0.39, 0.29) is 0 Å². The summed E-state index contributed by atoms with van der Waals surface area (Å²) < 4.78 is 9.86. The SMILES string of the molecule is COCCCC1CO1. The Morgan fingerprint density at radius 3 is 3.00 bits per heavy atom. The molecule has 2 nitrogen and oxygen atoms in total. The van der Waals surface area contributed by atoms with Gasteiger partial charge in [0.15, 0.2) is 0 Å². The van der Waals surface area contributed by atoms with E-state index in [4.69, 9.17) is 9.47 Å². The van der Waals surface area contributed by atoms with Crippen molar-refractivity contribution in [3.63, 3.8) is 0 Å². The lowest BCUT2D eigenvalue weighted by molar-refractivity contribution is 0.189. The highest BCUT2D eigenvalue weighted by Gasteiger charge is 2.20. The summed E-state index contributed by atoms with van der Waals surface area (Å²) in [7, 11) is 1.73. The molecule has 1 unspecified atom stereocenters. The zero-order chi connectivity index (χ0) is 5.82. The van der Waals surface area contributed by atoms with Crippen molar-refractivity contribution in [1.29, 1.82) is 0 Å². The fraction of sp³-hybridized carbons (Fsp3) is 1.00. The molecule has 0 aliphatic carbocycles. The maximum absolute atomic E-state index is 5.00. The van der Waals surface area contributed by atoms with Crippen LogP contribution in [0.5, 0.6) is 0 Å². The summed E-state index contributed by atoms with van der Waals surface area (Å²) in [6, 6.07) is 0. The predicted octanol–water partition coefficient (Wildman–Crippen LogP) is 0.812. The number of rotatable bonds is 4. The van der Waals surface area contributed by atoms with E-state index in [1.165, 1.54) is 6.42 Å². The molecule has 0 spiro atoms. The molecule has 0 amide bonds. The molecule has 1 saturated heterocycles. The van der Waals surface area contributed by atoms with Gasteiger partial charge < -0.3 is 9.47 Å². The Balaban J connectivity index is 1.74. The van der Waals surface area contributed by atoms with Crippen molar-refractivity contribution in [2.75, 3.05) is 20.3 Å². The minimum atomic E-state index is 0.574. The van der Waals surface area contributed by atoms with Gasteiger partial charge >= 0.3 is 0 Å². The van der Waals surface area contributed by atoms with Crippen molar-refractivity contribution in [2.24, 2.45) is 0 Å². The molecule has 0 bridgehead atoms. The van der Waals surface area contributed by atoms with Crippen molar-refractivity contribution in [1.82, 2.24) is 0 Å². The second-order valence-electron chi connectivity index (χ2n) is 2.09. The molecule has 1 fully saturated rings. The lowest BCUT2D eigenvalue weighted by Gasteiger charge is -1.92. The fourth-order valence-corrected chi connectivity index (χ4v) is 0.690. The molecule has 2 heteroatoms. The van der Waals surface area contributed by atoms with Gasteiger partial charge in [-0.25, -0.2) is 0 Å². The van der Waals surface area contributed by atoms with Crippen LogP contribution >= 0.6 is 0 Å². The number of hydrogen-bond acceptors (Lipinski definition) is 2. The third kappa shape index (κ3) is 2.28. The van der Waals surface area contributed by atoms with Crippen molar-refractivity contribution < 1.29 is 9.47 Å². The van der Waals surface area contributed by atoms with Crippen molar-refractivity contribution in [3.8, 4) is 0 Å². The molecule has 0 aromatic carbocycles. The van der Waals surface area contributed by atoms with Crippen LogP contribution in [0.3, 0.4) is 0 Å². The molecule has 1 aliphatic rings. The molecule has 0 N–H and O–H groups in total. The lowest BCUT2D eigenvalue weighted by Crippen LogP contribution is -1.91. The number of methoxy groups -OCH3 is 1. The molecular weight excluding hydrogens is 104 g/mol. The quantitative estimate of drug-likeness (QED) is 0.400. The summed E-state index contributed by atoms with van der Waals surface area (Å²) in [5.74, 6) is 0. The van der Waals surface area contributed by atoms with Crippen LogP contribution in [-0.4, -0.2) is 26.4 Å². The zero-order valence-electron chi connectivity index (χ0n) is 5.22. The molecule has 1 aliphatic heterocycles. The summed E-state index contributed by atoms with van der Waals surface area (Å²) in [6.45, 7) is 1.85. The molecule has 0 saturated carbocycles. The number of ether oxygens (including phenoxy) is 2. The first-order chi connectivity index (χ1) is 3.93. The molecule has 0 aromatic heterocycles. The standard InChI is InChI=1S/C6H12O2/c1-7-4-2-3-6-5-8-6/h6H,2-5H2,1H3. The molecule has 1 atom stereocenters.